The summed E-state index contributed by atoms with van der Waals surface area (Å²) in [5.74, 6) is 1.02. The molecule has 3 aliphatic heterocycles. The van der Waals surface area contributed by atoms with E-state index in [4.69, 9.17) is 4.98 Å². The molecule has 9 heteroatoms. The molecule has 3 aliphatic rings. The largest absolute Gasteiger partial charge is 0.339 e. The number of aryl methyl sites for hydroxylation is 1. The molecule has 0 radical (unpaired) electrons. The predicted molar refractivity (Wildman–Crippen MR) is 181 cm³/mol. The van der Waals surface area contributed by atoms with Gasteiger partial charge in [0.05, 0.1) is 15.9 Å². The number of carbonyl (C=O) groups excluding carboxylic acids is 1. The van der Waals surface area contributed by atoms with Gasteiger partial charge in [0.2, 0.25) is 10.0 Å². The molecule has 7 rings (SSSR count). The van der Waals surface area contributed by atoms with Crippen LogP contribution in [0.15, 0.2) is 83.8 Å². The van der Waals surface area contributed by atoms with Gasteiger partial charge < -0.3 is 9.47 Å². The summed E-state index contributed by atoms with van der Waals surface area (Å²) in [6, 6.07) is 27.5. The van der Waals surface area contributed by atoms with Gasteiger partial charge in [-0.3, -0.25) is 9.69 Å². The van der Waals surface area contributed by atoms with Gasteiger partial charge >= 0.3 is 0 Å². The summed E-state index contributed by atoms with van der Waals surface area (Å²) >= 11 is 0. The molecule has 1 aromatic heterocycles. The molecule has 0 saturated carbocycles. The molecule has 4 aromatic rings. The van der Waals surface area contributed by atoms with Crippen LogP contribution in [0.3, 0.4) is 0 Å². The standard InChI is InChI=1S/C37H45N5O3S/c1-27-38-34-14-7-8-15-35(34)42(27)32-25-30-16-17-31(26-32)41(30)23-20-37(29-11-5-4-6-12-29)18-21-40(22-19-37)36(43)28-10-9-13-33(24-28)46(44,45)39(2)3/h4-15,24,30-32H,16-23,25-26H2,1-3H3/t30-,31+,32?. The lowest BCUT2D eigenvalue weighted by atomic mass is 9.70. The average molecular weight is 640 g/mol. The van der Waals surface area contributed by atoms with Gasteiger partial charge in [-0.05, 0) is 99.7 Å². The average Bonchev–Trinajstić information content (AvgIpc) is 3.54. The van der Waals surface area contributed by atoms with Gasteiger partial charge in [0.15, 0.2) is 0 Å². The summed E-state index contributed by atoms with van der Waals surface area (Å²) in [4.78, 5) is 23.4. The number of hydrogen-bond donors (Lipinski definition) is 0. The molecule has 1 unspecified atom stereocenters. The zero-order chi connectivity index (χ0) is 32.1. The van der Waals surface area contributed by atoms with Crippen molar-refractivity contribution in [2.45, 2.75) is 80.3 Å². The number of carbonyl (C=O) groups is 1. The number of piperidine rings is 2. The summed E-state index contributed by atoms with van der Waals surface area (Å²) in [5, 5.41) is 0. The number of likely N-dealkylation sites (tertiary alicyclic amines) is 1. The van der Waals surface area contributed by atoms with Crippen LogP contribution in [0, 0.1) is 6.92 Å². The number of imidazole rings is 1. The molecular weight excluding hydrogens is 595 g/mol. The second-order valence-electron chi connectivity index (χ2n) is 13.8. The Kier molecular flexibility index (Phi) is 8.28. The van der Waals surface area contributed by atoms with Gasteiger partial charge in [-0.15, -0.1) is 0 Å². The van der Waals surface area contributed by atoms with Crippen molar-refractivity contribution in [3.63, 3.8) is 0 Å². The lowest BCUT2D eigenvalue weighted by Crippen LogP contribution is -2.49. The Morgan fingerprint density at radius 3 is 2.26 bits per heavy atom. The topological polar surface area (TPSA) is 78.8 Å². The van der Waals surface area contributed by atoms with Gasteiger partial charge in [-0.2, -0.15) is 0 Å². The highest BCUT2D eigenvalue weighted by Gasteiger charge is 2.44. The minimum atomic E-state index is -3.62. The van der Waals surface area contributed by atoms with Crippen LogP contribution in [0.4, 0.5) is 0 Å². The number of hydrogen-bond acceptors (Lipinski definition) is 5. The summed E-state index contributed by atoms with van der Waals surface area (Å²) in [5.41, 5.74) is 4.14. The Labute approximate surface area is 273 Å². The lowest BCUT2D eigenvalue weighted by molar-refractivity contribution is 0.0606. The maximum absolute atomic E-state index is 13.6. The van der Waals surface area contributed by atoms with Crippen LogP contribution in [-0.4, -0.2) is 83.8 Å². The van der Waals surface area contributed by atoms with Crippen LogP contribution >= 0.6 is 0 Å². The molecule has 3 saturated heterocycles. The molecule has 242 valence electrons. The Bertz CT molecular complexity index is 1810. The van der Waals surface area contributed by atoms with Crippen molar-refractivity contribution >= 4 is 27.0 Å². The highest BCUT2D eigenvalue weighted by atomic mass is 32.2. The molecule has 1 amide bonds. The molecule has 3 aromatic carbocycles. The van der Waals surface area contributed by atoms with Gasteiger partial charge in [0.1, 0.15) is 5.82 Å². The Morgan fingerprint density at radius 2 is 1.57 bits per heavy atom. The third kappa shape index (κ3) is 5.56. The summed E-state index contributed by atoms with van der Waals surface area (Å²) in [6.45, 7) is 4.52. The first-order valence-electron chi connectivity index (χ1n) is 16.7. The minimum Gasteiger partial charge on any atom is -0.339 e. The van der Waals surface area contributed by atoms with Crippen molar-refractivity contribution in [2.24, 2.45) is 0 Å². The first-order chi connectivity index (χ1) is 22.2. The van der Waals surface area contributed by atoms with Crippen LogP contribution in [-0.2, 0) is 15.4 Å². The minimum absolute atomic E-state index is 0.00156. The fraction of sp³-hybridized carbons (Fsp3) is 0.459. The normalized spacial score (nSPS) is 23.3. The molecule has 3 atom stereocenters. The van der Waals surface area contributed by atoms with Crippen molar-refractivity contribution in [1.29, 1.82) is 0 Å². The number of benzene rings is 3. The fourth-order valence-corrected chi connectivity index (χ4v) is 9.53. The molecule has 3 fully saturated rings. The van der Waals surface area contributed by atoms with Crippen molar-refractivity contribution in [2.75, 3.05) is 33.7 Å². The molecule has 4 heterocycles. The van der Waals surface area contributed by atoms with Crippen molar-refractivity contribution in [3.8, 4) is 0 Å². The Morgan fingerprint density at radius 1 is 0.891 bits per heavy atom. The quantitative estimate of drug-likeness (QED) is 0.235. The monoisotopic (exact) mass is 639 g/mol. The van der Waals surface area contributed by atoms with Gasteiger partial charge in [0.25, 0.3) is 5.91 Å². The van der Waals surface area contributed by atoms with E-state index in [1.807, 2.05) is 4.90 Å². The SMILES string of the molecule is Cc1nc2ccccc2n1C1C[C@H]2CC[C@@H](C1)N2CCC1(c2ccccc2)CCN(C(=O)c2cccc(S(=O)(=O)N(C)C)c2)CC1. The number of aromatic nitrogens is 2. The third-order valence-electron chi connectivity index (χ3n) is 11.1. The maximum Gasteiger partial charge on any atom is 0.253 e. The predicted octanol–water partition coefficient (Wildman–Crippen LogP) is 6.03. The van der Waals surface area contributed by atoms with Gasteiger partial charge in [-0.1, -0.05) is 48.5 Å². The Balaban J connectivity index is 1.06. The summed E-state index contributed by atoms with van der Waals surface area (Å²) in [6.07, 6.45) is 7.71. The number of nitrogens with zero attached hydrogens (tertiary/aromatic N) is 5. The van der Waals surface area contributed by atoms with E-state index >= 15 is 0 Å². The van der Waals surface area contributed by atoms with Crippen molar-refractivity contribution < 1.29 is 13.2 Å². The summed E-state index contributed by atoms with van der Waals surface area (Å²) < 4.78 is 29.1. The van der Waals surface area contributed by atoms with E-state index in [-0.39, 0.29) is 16.2 Å². The van der Waals surface area contributed by atoms with E-state index in [0.29, 0.717) is 36.8 Å². The number of rotatable bonds is 8. The maximum atomic E-state index is 13.6. The second kappa shape index (κ2) is 12.2. The van der Waals surface area contributed by atoms with Crippen molar-refractivity contribution in [1.82, 2.24) is 23.7 Å². The smallest absolute Gasteiger partial charge is 0.253 e. The van der Waals surface area contributed by atoms with Gasteiger partial charge in [-0.25, -0.2) is 17.7 Å². The molecular formula is C37H45N5O3S. The van der Waals surface area contributed by atoms with E-state index in [0.717, 1.165) is 37.1 Å². The van der Waals surface area contributed by atoms with Gasteiger partial charge in [0, 0.05) is 50.9 Å². The molecule has 0 aliphatic carbocycles. The van der Waals surface area contributed by atoms with E-state index in [2.05, 4.69) is 71.0 Å². The van der Waals surface area contributed by atoms with Crippen molar-refractivity contribution in [3.05, 3.63) is 95.8 Å². The first kappa shape index (κ1) is 31.1. The number of fused-ring (bicyclic) bond motifs is 3. The molecule has 2 bridgehead atoms. The second-order valence-corrected chi connectivity index (χ2v) is 15.9. The molecule has 0 spiro atoms. The Hall–Kier alpha value is -3.53. The lowest BCUT2D eigenvalue weighted by Gasteiger charge is -2.45. The zero-order valence-electron chi connectivity index (χ0n) is 27.2. The zero-order valence-corrected chi connectivity index (χ0v) is 28.0. The fourth-order valence-electron chi connectivity index (χ4n) is 8.59. The van der Waals surface area contributed by atoms with Crippen LogP contribution in [0.5, 0.6) is 0 Å². The van der Waals surface area contributed by atoms with E-state index in [1.54, 1.807) is 18.2 Å². The first-order valence-corrected chi connectivity index (χ1v) is 18.2. The third-order valence-corrected chi connectivity index (χ3v) is 12.9. The van der Waals surface area contributed by atoms with E-state index < -0.39 is 10.0 Å². The van der Waals surface area contributed by atoms with Crippen LogP contribution < -0.4 is 0 Å². The highest BCUT2D eigenvalue weighted by Crippen LogP contribution is 2.45. The molecule has 46 heavy (non-hydrogen) atoms. The number of para-hydroxylation sites is 2. The number of sulfonamides is 1. The number of amides is 1. The van der Waals surface area contributed by atoms with Crippen LogP contribution in [0.2, 0.25) is 0 Å². The van der Waals surface area contributed by atoms with Crippen LogP contribution in [0.1, 0.15) is 72.7 Å². The molecule has 0 N–H and O–H groups in total. The van der Waals surface area contributed by atoms with Crippen LogP contribution in [0.25, 0.3) is 11.0 Å². The highest BCUT2D eigenvalue weighted by molar-refractivity contribution is 7.89. The molecule has 8 nitrogen and oxygen atoms in total. The van der Waals surface area contributed by atoms with E-state index in [1.165, 1.54) is 61.2 Å². The summed E-state index contributed by atoms with van der Waals surface area (Å²) in [7, 11) is -0.600. The van der Waals surface area contributed by atoms with E-state index in [9.17, 15) is 13.2 Å².